The number of nitrogens with one attached hydrogen (secondary N) is 1. The van der Waals surface area contributed by atoms with Crippen LogP contribution in [0.3, 0.4) is 0 Å². The second kappa shape index (κ2) is 8.85. The van der Waals surface area contributed by atoms with Crippen LogP contribution in [0.1, 0.15) is 28.5 Å². The molecule has 0 aliphatic heterocycles. The zero-order valence-corrected chi connectivity index (χ0v) is 17.9. The van der Waals surface area contributed by atoms with Gasteiger partial charge in [0, 0.05) is 17.0 Å². The summed E-state index contributed by atoms with van der Waals surface area (Å²) in [6, 6.07) is 12.3. The number of rotatable bonds is 8. The highest BCUT2D eigenvalue weighted by Gasteiger charge is 2.18. The van der Waals surface area contributed by atoms with Gasteiger partial charge in [-0.1, -0.05) is 46.9 Å². The third-order valence-electron chi connectivity index (χ3n) is 4.00. The number of benzene rings is 1. The number of hydrogen-bond donors (Lipinski definition) is 1. The zero-order chi connectivity index (χ0) is 19.3. The molecule has 6 nitrogen and oxygen atoms in total. The molecule has 4 rings (SSSR count). The van der Waals surface area contributed by atoms with Crippen LogP contribution in [0, 0.1) is 6.92 Å². The van der Waals surface area contributed by atoms with E-state index in [1.54, 1.807) is 34.4 Å². The molecule has 0 bridgehead atoms. The van der Waals surface area contributed by atoms with Gasteiger partial charge in [-0.25, -0.2) is 0 Å². The quantitative estimate of drug-likeness (QED) is 0.372. The van der Waals surface area contributed by atoms with E-state index in [2.05, 4.69) is 50.1 Å². The van der Waals surface area contributed by atoms with Crippen molar-refractivity contribution in [3.63, 3.8) is 0 Å². The van der Waals surface area contributed by atoms with Crippen LogP contribution >= 0.6 is 34.4 Å². The molecular weight excluding hydrogens is 410 g/mol. The Morgan fingerprint density at radius 1 is 1.11 bits per heavy atom. The minimum absolute atomic E-state index is 0.00128. The summed E-state index contributed by atoms with van der Waals surface area (Å²) in [5.74, 6) is 1.12. The van der Waals surface area contributed by atoms with Gasteiger partial charge in [0.05, 0.1) is 5.25 Å². The Balaban J connectivity index is 1.33. The van der Waals surface area contributed by atoms with Crippen LogP contribution in [0.5, 0.6) is 0 Å². The molecule has 144 valence electrons. The van der Waals surface area contributed by atoms with Crippen LogP contribution in [0.2, 0.25) is 0 Å². The van der Waals surface area contributed by atoms with Crippen molar-refractivity contribution in [2.75, 3.05) is 11.9 Å². The van der Waals surface area contributed by atoms with E-state index >= 15 is 0 Å². The van der Waals surface area contributed by atoms with E-state index in [9.17, 15) is 0 Å². The van der Waals surface area contributed by atoms with Crippen molar-refractivity contribution in [3.8, 4) is 11.5 Å². The molecule has 9 heteroatoms. The number of thioether (sulfide) groups is 1. The second-order valence-electron chi connectivity index (χ2n) is 6.20. The van der Waals surface area contributed by atoms with E-state index in [-0.39, 0.29) is 5.25 Å². The van der Waals surface area contributed by atoms with Gasteiger partial charge < -0.3 is 9.73 Å². The minimum atomic E-state index is -0.00128. The molecule has 1 N–H and O–H groups in total. The van der Waals surface area contributed by atoms with E-state index in [1.165, 1.54) is 10.4 Å². The van der Waals surface area contributed by atoms with Gasteiger partial charge in [-0.15, -0.1) is 31.7 Å². The van der Waals surface area contributed by atoms with Gasteiger partial charge in [0.2, 0.25) is 16.9 Å². The highest BCUT2D eigenvalue weighted by atomic mass is 32.2. The van der Waals surface area contributed by atoms with Gasteiger partial charge in [-0.3, -0.25) is 0 Å². The van der Waals surface area contributed by atoms with Gasteiger partial charge in [0.15, 0.2) is 4.34 Å². The van der Waals surface area contributed by atoms with Crippen LogP contribution in [-0.4, -0.2) is 26.9 Å². The van der Waals surface area contributed by atoms with Gasteiger partial charge in [-0.2, -0.15) is 0 Å². The van der Waals surface area contributed by atoms with Crippen molar-refractivity contribution >= 4 is 39.6 Å². The number of aryl methyl sites for hydroxylation is 1. The molecule has 0 saturated carbocycles. The standard InChI is InChI=1S/C19H19N5OS3/c1-12-5-7-14(8-6-12)17-22-21-16(25-17)13(2)27-19-24-23-18(28-19)20-10-9-15-4-3-11-26-15/h3-8,11,13H,9-10H2,1-2H3,(H,20,23). The normalized spacial score (nSPS) is 12.2. The Bertz CT molecular complexity index is 1010. The predicted octanol–water partition coefficient (Wildman–Crippen LogP) is 5.47. The molecule has 1 atom stereocenters. The number of hydrogen-bond acceptors (Lipinski definition) is 9. The maximum Gasteiger partial charge on any atom is 0.247 e. The highest BCUT2D eigenvalue weighted by molar-refractivity contribution is 8.01. The Morgan fingerprint density at radius 3 is 2.75 bits per heavy atom. The summed E-state index contributed by atoms with van der Waals surface area (Å²) in [5, 5.41) is 23.1. The van der Waals surface area contributed by atoms with Crippen LogP contribution in [-0.2, 0) is 6.42 Å². The van der Waals surface area contributed by atoms with Gasteiger partial charge in [0.25, 0.3) is 0 Å². The summed E-state index contributed by atoms with van der Waals surface area (Å²) < 4.78 is 6.73. The topological polar surface area (TPSA) is 76.7 Å². The smallest absolute Gasteiger partial charge is 0.247 e. The molecule has 0 saturated heterocycles. The fraction of sp³-hybridized carbons (Fsp3) is 0.263. The lowest BCUT2D eigenvalue weighted by atomic mass is 10.1. The van der Waals surface area contributed by atoms with E-state index in [0.29, 0.717) is 11.8 Å². The van der Waals surface area contributed by atoms with E-state index in [4.69, 9.17) is 4.42 Å². The lowest BCUT2D eigenvalue weighted by molar-refractivity contribution is 0.509. The number of thiophene rings is 1. The van der Waals surface area contributed by atoms with Gasteiger partial charge >= 0.3 is 0 Å². The third kappa shape index (κ3) is 4.78. The molecule has 1 unspecified atom stereocenters. The molecule has 28 heavy (non-hydrogen) atoms. The Hall–Kier alpha value is -2.23. The van der Waals surface area contributed by atoms with E-state index in [0.717, 1.165) is 28.0 Å². The van der Waals surface area contributed by atoms with E-state index in [1.807, 2.05) is 31.2 Å². The fourth-order valence-corrected chi connectivity index (χ4v) is 5.15. The van der Waals surface area contributed by atoms with Crippen LogP contribution in [0.15, 0.2) is 50.5 Å². The first-order valence-electron chi connectivity index (χ1n) is 8.84. The molecular formula is C19H19N5OS3. The lowest BCUT2D eigenvalue weighted by Crippen LogP contribution is -2.03. The highest BCUT2D eigenvalue weighted by Crippen LogP contribution is 2.37. The lowest BCUT2D eigenvalue weighted by Gasteiger charge is -2.02. The van der Waals surface area contributed by atoms with Crippen molar-refractivity contribution in [1.29, 1.82) is 0 Å². The fourth-order valence-electron chi connectivity index (χ4n) is 2.49. The van der Waals surface area contributed by atoms with E-state index < -0.39 is 0 Å². The van der Waals surface area contributed by atoms with Crippen molar-refractivity contribution < 1.29 is 4.42 Å². The maximum atomic E-state index is 5.86. The Kier molecular flexibility index (Phi) is 6.04. The zero-order valence-electron chi connectivity index (χ0n) is 15.5. The molecule has 1 aromatic carbocycles. The average molecular weight is 430 g/mol. The number of anilines is 1. The third-order valence-corrected chi connectivity index (χ3v) is 6.99. The summed E-state index contributed by atoms with van der Waals surface area (Å²) >= 11 is 4.88. The summed E-state index contributed by atoms with van der Waals surface area (Å²) in [6.45, 7) is 4.93. The molecule has 0 aliphatic carbocycles. The molecule has 0 spiro atoms. The molecule has 0 aliphatic rings. The Labute approximate surface area is 175 Å². The molecule has 4 aromatic rings. The molecule has 0 radical (unpaired) electrons. The van der Waals surface area contributed by atoms with Crippen LogP contribution in [0.25, 0.3) is 11.5 Å². The maximum absolute atomic E-state index is 5.86. The van der Waals surface area contributed by atoms with Crippen molar-refractivity contribution in [3.05, 3.63) is 58.1 Å². The summed E-state index contributed by atoms with van der Waals surface area (Å²) in [4.78, 5) is 1.36. The summed E-state index contributed by atoms with van der Waals surface area (Å²) in [5.41, 5.74) is 2.12. The molecule has 0 fully saturated rings. The van der Waals surface area contributed by atoms with Gasteiger partial charge in [0.1, 0.15) is 0 Å². The van der Waals surface area contributed by atoms with Gasteiger partial charge in [-0.05, 0) is 43.8 Å². The van der Waals surface area contributed by atoms with Crippen LogP contribution < -0.4 is 5.32 Å². The minimum Gasteiger partial charge on any atom is -0.419 e. The first kappa shape index (κ1) is 19.1. The van der Waals surface area contributed by atoms with Crippen molar-refractivity contribution in [2.24, 2.45) is 0 Å². The SMILES string of the molecule is Cc1ccc(-c2nnc(C(C)Sc3nnc(NCCc4cccs4)s3)o2)cc1. The monoisotopic (exact) mass is 429 g/mol. The van der Waals surface area contributed by atoms with Crippen molar-refractivity contribution in [1.82, 2.24) is 20.4 Å². The Morgan fingerprint density at radius 2 is 1.96 bits per heavy atom. The average Bonchev–Trinajstić information content (AvgIpc) is 3.44. The molecule has 3 heterocycles. The predicted molar refractivity (Wildman–Crippen MR) is 115 cm³/mol. The second-order valence-corrected chi connectivity index (χ2v) is 9.80. The van der Waals surface area contributed by atoms with Crippen molar-refractivity contribution in [2.45, 2.75) is 29.9 Å². The first-order valence-corrected chi connectivity index (χ1v) is 11.4. The summed E-state index contributed by atoms with van der Waals surface area (Å²) in [7, 11) is 0. The molecule has 3 aromatic heterocycles. The molecule has 0 amide bonds. The van der Waals surface area contributed by atoms with Crippen LogP contribution in [0.4, 0.5) is 5.13 Å². The first-order chi connectivity index (χ1) is 13.7. The number of nitrogens with zero attached hydrogens (tertiary/aromatic N) is 4. The summed E-state index contributed by atoms with van der Waals surface area (Å²) in [6.07, 6.45) is 0.986. The number of aromatic nitrogens is 4. The largest absolute Gasteiger partial charge is 0.419 e.